The number of nitrogens with one attached hydrogen (secondary N) is 2. The third kappa shape index (κ3) is 5.13. The summed E-state index contributed by atoms with van der Waals surface area (Å²) < 4.78 is 16.0. The van der Waals surface area contributed by atoms with Crippen molar-refractivity contribution in [3.05, 3.63) is 53.0 Å². The van der Waals surface area contributed by atoms with Gasteiger partial charge in [0.05, 0.1) is 39.1 Å². The van der Waals surface area contributed by atoms with Gasteiger partial charge in [-0.3, -0.25) is 9.59 Å². The molecule has 8 nitrogen and oxygen atoms in total. The maximum absolute atomic E-state index is 12.5. The van der Waals surface area contributed by atoms with Gasteiger partial charge in [-0.1, -0.05) is 12.1 Å². The Kier molecular flexibility index (Phi) is 7.09. The van der Waals surface area contributed by atoms with Crippen LogP contribution in [0.2, 0.25) is 0 Å². The van der Waals surface area contributed by atoms with Gasteiger partial charge in [-0.15, -0.1) is 11.3 Å². The fraction of sp³-hybridized carbons (Fsp3) is 0.227. The van der Waals surface area contributed by atoms with Crippen LogP contribution in [0.4, 0.5) is 5.69 Å². The lowest BCUT2D eigenvalue weighted by Gasteiger charge is -2.11. The Labute approximate surface area is 184 Å². The molecule has 0 aliphatic heterocycles. The summed E-state index contributed by atoms with van der Waals surface area (Å²) in [6.45, 7) is 1.71. The van der Waals surface area contributed by atoms with Crippen LogP contribution in [0.25, 0.3) is 10.6 Å². The second-order valence-corrected chi connectivity index (χ2v) is 7.37. The number of nitrogens with zero attached hydrogens (tertiary/aromatic N) is 1. The number of rotatable bonds is 8. The molecule has 1 heterocycles. The van der Waals surface area contributed by atoms with E-state index in [1.165, 1.54) is 18.4 Å². The number of thiazole rings is 1. The van der Waals surface area contributed by atoms with Crippen LogP contribution in [0.3, 0.4) is 0 Å². The van der Waals surface area contributed by atoms with Gasteiger partial charge in [-0.05, 0) is 36.8 Å². The molecule has 9 heteroatoms. The second kappa shape index (κ2) is 9.94. The van der Waals surface area contributed by atoms with E-state index in [1.54, 1.807) is 37.8 Å². The summed E-state index contributed by atoms with van der Waals surface area (Å²) in [5.41, 5.74) is 2.45. The van der Waals surface area contributed by atoms with E-state index in [1.807, 2.05) is 25.1 Å². The molecule has 2 amide bonds. The van der Waals surface area contributed by atoms with Crippen molar-refractivity contribution in [3.63, 3.8) is 0 Å². The number of ether oxygens (including phenoxy) is 3. The molecule has 0 saturated heterocycles. The minimum Gasteiger partial charge on any atom is -0.495 e. The van der Waals surface area contributed by atoms with Gasteiger partial charge in [0.2, 0.25) is 5.91 Å². The average Bonchev–Trinajstić information content (AvgIpc) is 3.27. The van der Waals surface area contributed by atoms with Gasteiger partial charge in [0.25, 0.3) is 5.91 Å². The largest absolute Gasteiger partial charge is 0.495 e. The highest BCUT2D eigenvalue weighted by molar-refractivity contribution is 7.13. The van der Waals surface area contributed by atoms with Gasteiger partial charge in [0.1, 0.15) is 16.5 Å². The first kappa shape index (κ1) is 22.1. The predicted molar refractivity (Wildman–Crippen MR) is 119 cm³/mol. The average molecular weight is 442 g/mol. The number of amides is 2. The van der Waals surface area contributed by atoms with Crippen molar-refractivity contribution in [2.24, 2.45) is 0 Å². The first-order valence-electron chi connectivity index (χ1n) is 9.36. The number of carbonyl (C=O) groups excluding carboxylic acids is 2. The SMILES string of the molecule is COc1ccc(C)cc1NC(=O)CNC(=O)c1csc(-c2cccc(OC)c2OC)n1. The Morgan fingerprint density at radius 1 is 1.03 bits per heavy atom. The predicted octanol–water partition coefficient (Wildman–Crippen LogP) is 3.51. The third-order valence-corrected chi connectivity index (χ3v) is 5.28. The van der Waals surface area contributed by atoms with Crippen LogP contribution in [0.5, 0.6) is 17.2 Å². The number of carbonyl (C=O) groups is 2. The Hall–Kier alpha value is -3.59. The number of anilines is 1. The van der Waals surface area contributed by atoms with Crippen LogP contribution < -0.4 is 24.8 Å². The van der Waals surface area contributed by atoms with E-state index < -0.39 is 5.91 Å². The summed E-state index contributed by atoms with van der Waals surface area (Å²) in [7, 11) is 4.63. The van der Waals surface area contributed by atoms with Gasteiger partial charge >= 0.3 is 0 Å². The zero-order chi connectivity index (χ0) is 22.4. The summed E-state index contributed by atoms with van der Waals surface area (Å²) in [5.74, 6) is 0.835. The summed E-state index contributed by atoms with van der Waals surface area (Å²) in [5, 5.41) is 7.56. The number of hydrogen-bond acceptors (Lipinski definition) is 7. The van der Waals surface area contributed by atoms with E-state index >= 15 is 0 Å². The topological polar surface area (TPSA) is 98.8 Å². The van der Waals surface area contributed by atoms with Gasteiger partial charge in [0.15, 0.2) is 11.5 Å². The summed E-state index contributed by atoms with van der Waals surface area (Å²) in [6, 6.07) is 10.9. The smallest absolute Gasteiger partial charge is 0.271 e. The Balaban J connectivity index is 1.66. The van der Waals surface area contributed by atoms with Crippen molar-refractivity contribution >= 4 is 28.8 Å². The third-order valence-electron chi connectivity index (χ3n) is 4.41. The minimum absolute atomic E-state index is 0.203. The Morgan fingerprint density at radius 2 is 1.81 bits per heavy atom. The molecule has 3 rings (SSSR count). The maximum Gasteiger partial charge on any atom is 0.271 e. The van der Waals surface area contributed by atoms with Gasteiger partial charge in [-0.2, -0.15) is 0 Å². The van der Waals surface area contributed by atoms with Crippen molar-refractivity contribution < 1.29 is 23.8 Å². The molecule has 31 heavy (non-hydrogen) atoms. The van der Waals surface area contributed by atoms with Crippen LogP contribution in [0, 0.1) is 6.92 Å². The molecular formula is C22H23N3O5S. The molecule has 2 aromatic carbocycles. The molecule has 2 N–H and O–H groups in total. The van der Waals surface area contributed by atoms with Gasteiger partial charge in [-0.25, -0.2) is 4.98 Å². The molecule has 0 radical (unpaired) electrons. The standard InChI is InChI=1S/C22H23N3O5S/c1-13-8-9-17(28-2)15(10-13)24-19(26)11-23-21(27)16-12-31-22(25-16)14-6-5-7-18(29-3)20(14)30-4/h5-10,12H,11H2,1-4H3,(H,23,27)(H,24,26). The van der Waals surface area contributed by atoms with Crippen LogP contribution in [0.15, 0.2) is 41.8 Å². The van der Waals surface area contributed by atoms with E-state index in [9.17, 15) is 9.59 Å². The first-order chi connectivity index (χ1) is 15.0. The molecule has 0 aliphatic rings. The van der Waals surface area contributed by atoms with E-state index in [2.05, 4.69) is 15.6 Å². The van der Waals surface area contributed by atoms with Crippen molar-refractivity contribution in [1.82, 2.24) is 10.3 Å². The minimum atomic E-state index is -0.448. The van der Waals surface area contributed by atoms with Gasteiger partial charge < -0.3 is 24.8 Å². The lowest BCUT2D eigenvalue weighted by atomic mass is 10.2. The highest BCUT2D eigenvalue weighted by Gasteiger charge is 2.18. The number of aryl methyl sites for hydroxylation is 1. The summed E-state index contributed by atoms with van der Waals surface area (Å²) in [6.07, 6.45) is 0. The number of aromatic nitrogens is 1. The Bertz CT molecular complexity index is 1100. The fourth-order valence-corrected chi connectivity index (χ4v) is 3.74. The second-order valence-electron chi connectivity index (χ2n) is 6.51. The van der Waals surface area contributed by atoms with Crippen molar-refractivity contribution in [3.8, 4) is 27.8 Å². The van der Waals surface area contributed by atoms with Crippen LogP contribution in [0.1, 0.15) is 16.1 Å². The van der Waals surface area contributed by atoms with Crippen molar-refractivity contribution in [1.29, 1.82) is 0 Å². The molecule has 0 unspecified atom stereocenters. The van der Waals surface area contributed by atoms with E-state index in [0.29, 0.717) is 27.9 Å². The molecule has 0 atom stereocenters. The number of para-hydroxylation sites is 1. The zero-order valence-electron chi connectivity index (χ0n) is 17.6. The highest BCUT2D eigenvalue weighted by atomic mass is 32.1. The van der Waals surface area contributed by atoms with Crippen LogP contribution >= 0.6 is 11.3 Å². The summed E-state index contributed by atoms with van der Waals surface area (Å²) in [4.78, 5) is 29.1. The van der Waals surface area contributed by atoms with E-state index in [4.69, 9.17) is 14.2 Å². The summed E-state index contributed by atoms with van der Waals surface area (Å²) >= 11 is 1.30. The van der Waals surface area contributed by atoms with E-state index in [-0.39, 0.29) is 18.1 Å². The molecular weight excluding hydrogens is 418 g/mol. The monoisotopic (exact) mass is 441 g/mol. The van der Waals surface area contributed by atoms with Crippen molar-refractivity contribution in [2.75, 3.05) is 33.2 Å². The molecule has 162 valence electrons. The molecule has 0 saturated carbocycles. The zero-order valence-corrected chi connectivity index (χ0v) is 18.5. The van der Waals surface area contributed by atoms with Crippen LogP contribution in [-0.4, -0.2) is 44.7 Å². The molecule has 3 aromatic rings. The normalized spacial score (nSPS) is 10.3. The fourth-order valence-electron chi connectivity index (χ4n) is 2.92. The van der Waals surface area contributed by atoms with E-state index in [0.717, 1.165) is 11.1 Å². The molecule has 0 fully saturated rings. The van der Waals surface area contributed by atoms with Crippen molar-refractivity contribution in [2.45, 2.75) is 6.92 Å². The number of benzene rings is 2. The lowest BCUT2D eigenvalue weighted by molar-refractivity contribution is -0.115. The molecule has 1 aromatic heterocycles. The number of hydrogen-bond donors (Lipinski definition) is 2. The molecule has 0 aliphatic carbocycles. The maximum atomic E-state index is 12.5. The Morgan fingerprint density at radius 3 is 2.52 bits per heavy atom. The highest BCUT2D eigenvalue weighted by Crippen LogP contribution is 2.38. The first-order valence-corrected chi connectivity index (χ1v) is 10.2. The van der Waals surface area contributed by atoms with Gasteiger partial charge in [0, 0.05) is 5.38 Å². The quantitative estimate of drug-likeness (QED) is 0.555. The van der Waals surface area contributed by atoms with Crippen LogP contribution in [-0.2, 0) is 4.79 Å². The number of methoxy groups -OCH3 is 3. The molecule has 0 spiro atoms. The lowest BCUT2D eigenvalue weighted by Crippen LogP contribution is -2.33. The molecule has 0 bridgehead atoms.